The molecule has 1 aromatic rings. The van der Waals surface area contributed by atoms with E-state index in [0.29, 0.717) is 41.9 Å². The number of piperidine rings is 1. The predicted molar refractivity (Wildman–Crippen MR) is 106 cm³/mol. The molecule has 4 saturated carbocycles. The molecule has 0 radical (unpaired) electrons. The summed E-state index contributed by atoms with van der Waals surface area (Å²) in [5.41, 5.74) is -0.275. The first-order valence-electron chi connectivity index (χ1n) is 10.5. The fraction of sp³-hybridized carbons (Fsp3) is 0.842. The van der Waals surface area contributed by atoms with Gasteiger partial charge in [0.2, 0.25) is 15.4 Å². The summed E-state index contributed by atoms with van der Waals surface area (Å²) in [5.74, 6) is 2.63. The standard InChI is InChI=1S/C19H28N4O3S2/c1-12-2-4-23(5-3-12)28(25,26)18-22-21-17(27-18)20-16(24)19-9-13-6-14(10-19)8-15(7-13)11-19/h12-15H,2-11H2,1H3,(H,20,21,24). The Hall–Kier alpha value is -1.06. The maximum Gasteiger partial charge on any atom is 0.272 e. The van der Waals surface area contributed by atoms with E-state index in [-0.39, 0.29) is 15.7 Å². The highest BCUT2D eigenvalue weighted by molar-refractivity contribution is 7.91. The lowest BCUT2D eigenvalue weighted by atomic mass is 9.49. The van der Waals surface area contributed by atoms with Crippen molar-refractivity contribution in [2.24, 2.45) is 29.1 Å². The largest absolute Gasteiger partial charge is 0.300 e. The number of carbonyl (C=O) groups is 1. The van der Waals surface area contributed by atoms with Crippen molar-refractivity contribution in [3.63, 3.8) is 0 Å². The Balaban J connectivity index is 1.30. The molecule has 1 saturated heterocycles. The second-order valence-electron chi connectivity index (χ2n) is 9.61. The van der Waals surface area contributed by atoms with Crippen LogP contribution in [0, 0.1) is 29.1 Å². The minimum atomic E-state index is -3.62. The zero-order valence-corrected chi connectivity index (χ0v) is 17.9. The van der Waals surface area contributed by atoms with E-state index in [4.69, 9.17) is 0 Å². The van der Waals surface area contributed by atoms with E-state index in [1.165, 1.54) is 23.6 Å². The first-order valence-corrected chi connectivity index (χ1v) is 12.7. The van der Waals surface area contributed by atoms with Gasteiger partial charge in [0.25, 0.3) is 10.0 Å². The third-order valence-electron chi connectivity index (χ3n) is 7.45. The molecule has 4 aliphatic carbocycles. The summed E-state index contributed by atoms with van der Waals surface area (Å²) in [6.07, 6.45) is 8.50. The van der Waals surface area contributed by atoms with E-state index < -0.39 is 10.0 Å². The number of sulfonamides is 1. The fourth-order valence-corrected chi connectivity index (χ4v) is 8.82. The van der Waals surface area contributed by atoms with Crippen molar-refractivity contribution in [2.75, 3.05) is 18.4 Å². The van der Waals surface area contributed by atoms with E-state index in [0.717, 1.165) is 43.4 Å². The Morgan fingerprint density at radius 1 is 1.07 bits per heavy atom. The summed E-state index contributed by atoms with van der Waals surface area (Å²) < 4.78 is 27.2. The van der Waals surface area contributed by atoms with Gasteiger partial charge in [-0.05, 0) is 75.0 Å². The molecule has 154 valence electrons. The van der Waals surface area contributed by atoms with Crippen molar-refractivity contribution in [2.45, 2.75) is 62.6 Å². The highest BCUT2D eigenvalue weighted by Crippen LogP contribution is 2.60. The van der Waals surface area contributed by atoms with Gasteiger partial charge in [0, 0.05) is 13.1 Å². The van der Waals surface area contributed by atoms with Gasteiger partial charge in [-0.15, -0.1) is 10.2 Å². The van der Waals surface area contributed by atoms with Crippen LogP contribution in [-0.2, 0) is 14.8 Å². The number of nitrogens with one attached hydrogen (secondary N) is 1. The average Bonchev–Trinajstić information content (AvgIpc) is 3.10. The van der Waals surface area contributed by atoms with Crippen molar-refractivity contribution >= 4 is 32.4 Å². The van der Waals surface area contributed by atoms with Gasteiger partial charge >= 0.3 is 0 Å². The van der Waals surface area contributed by atoms with Crippen molar-refractivity contribution in [3.8, 4) is 0 Å². The summed E-state index contributed by atoms with van der Waals surface area (Å²) >= 11 is 0.983. The van der Waals surface area contributed by atoms with Crippen LogP contribution in [0.3, 0.4) is 0 Å². The molecule has 2 heterocycles. The Labute approximate surface area is 170 Å². The molecule has 4 bridgehead atoms. The number of nitrogens with zero attached hydrogens (tertiary/aromatic N) is 3. The van der Waals surface area contributed by atoms with Gasteiger partial charge in [-0.2, -0.15) is 4.31 Å². The molecule has 6 rings (SSSR count). The van der Waals surface area contributed by atoms with E-state index >= 15 is 0 Å². The molecule has 5 aliphatic rings. The predicted octanol–water partition coefficient (Wildman–Crippen LogP) is 3.11. The molecule has 7 nitrogen and oxygen atoms in total. The summed E-state index contributed by atoms with van der Waals surface area (Å²) in [5, 5.41) is 11.1. The Bertz CT molecular complexity index is 838. The zero-order valence-electron chi connectivity index (χ0n) is 16.3. The minimum Gasteiger partial charge on any atom is -0.300 e. The molecule has 0 aromatic carbocycles. The van der Waals surface area contributed by atoms with E-state index in [1.54, 1.807) is 0 Å². The van der Waals surface area contributed by atoms with Crippen LogP contribution in [0.4, 0.5) is 5.13 Å². The minimum absolute atomic E-state index is 0.0112. The number of rotatable bonds is 4. The van der Waals surface area contributed by atoms with Crippen LogP contribution in [-0.4, -0.2) is 41.9 Å². The molecular formula is C19H28N4O3S2. The van der Waals surface area contributed by atoms with Gasteiger partial charge in [-0.3, -0.25) is 4.79 Å². The van der Waals surface area contributed by atoms with Gasteiger partial charge in [0.1, 0.15) is 0 Å². The van der Waals surface area contributed by atoms with Crippen LogP contribution >= 0.6 is 11.3 Å². The monoisotopic (exact) mass is 424 g/mol. The SMILES string of the molecule is CC1CCN(S(=O)(=O)c2nnc(NC(=O)C34CC5CC(CC(C5)C3)C4)s2)CC1. The van der Waals surface area contributed by atoms with Crippen LogP contribution in [0.1, 0.15) is 58.3 Å². The second-order valence-corrected chi connectivity index (χ2v) is 12.7. The normalized spacial score (nSPS) is 36.0. The Morgan fingerprint density at radius 2 is 1.64 bits per heavy atom. The maximum absolute atomic E-state index is 13.1. The lowest BCUT2D eigenvalue weighted by molar-refractivity contribution is -0.140. The topological polar surface area (TPSA) is 92.3 Å². The van der Waals surface area contributed by atoms with Crippen molar-refractivity contribution in [1.29, 1.82) is 0 Å². The highest BCUT2D eigenvalue weighted by atomic mass is 32.2. The second kappa shape index (κ2) is 6.74. The number of hydrogen-bond acceptors (Lipinski definition) is 6. The number of carbonyl (C=O) groups excluding carboxylic acids is 1. The number of anilines is 1. The van der Waals surface area contributed by atoms with Crippen LogP contribution in [0.5, 0.6) is 0 Å². The molecule has 5 fully saturated rings. The van der Waals surface area contributed by atoms with Gasteiger partial charge in [0.05, 0.1) is 5.41 Å². The highest BCUT2D eigenvalue weighted by Gasteiger charge is 2.54. The zero-order chi connectivity index (χ0) is 19.5. The molecule has 1 aliphatic heterocycles. The van der Waals surface area contributed by atoms with Crippen molar-refractivity contribution < 1.29 is 13.2 Å². The average molecular weight is 425 g/mol. The summed E-state index contributed by atoms with van der Waals surface area (Å²) in [6, 6.07) is 0. The summed E-state index contributed by atoms with van der Waals surface area (Å²) in [6.45, 7) is 3.20. The fourth-order valence-electron chi connectivity index (χ4n) is 6.32. The maximum atomic E-state index is 13.1. The number of aromatic nitrogens is 2. The van der Waals surface area contributed by atoms with E-state index in [2.05, 4.69) is 22.4 Å². The van der Waals surface area contributed by atoms with Crippen LogP contribution in [0.2, 0.25) is 0 Å². The van der Waals surface area contributed by atoms with Crippen molar-refractivity contribution in [3.05, 3.63) is 0 Å². The van der Waals surface area contributed by atoms with E-state index in [1.807, 2.05) is 0 Å². The van der Waals surface area contributed by atoms with Gasteiger partial charge in [-0.1, -0.05) is 18.3 Å². The van der Waals surface area contributed by atoms with Crippen LogP contribution < -0.4 is 5.32 Å². The molecule has 28 heavy (non-hydrogen) atoms. The summed E-state index contributed by atoms with van der Waals surface area (Å²) in [4.78, 5) is 13.1. The first-order chi connectivity index (χ1) is 13.3. The Kier molecular flexibility index (Phi) is 4.56. The number of hydrogen-bond donors (Lipinski definition) is 1. The Morgan fingerprint density at radius 3 is 2.21 bits per heavy atom. The van der Waals surface area contributed by atoms with Gasteiger partial charge in [0.15, 0.2) is 0 Å². The molecule has 1 amide bonds. The molecular weight excluding hydrogens is 396 g/mol. The smallest absolute Gasteiger partial charge is 0.272 e. The molecule has 9 heteroatoms. The summed E-state index contributed by atoms with van der Waals surface area (Å²) in [7, 11) is -3.62. The first kappa shape index (κ1) is 18.9. The quantitative estimate of drug-likeness (QED) is 0.750. The number of amides is 1. The van der Waals surface area contributed by atoms with Gasteiger partial charge in [-0.25, -0.2) is 8.42 Å². The molecule has 0 unspecified atom stereocenters. The molecule has 1 N–H and O–H groups in total. The molecule has 0 atom stereocenters. The van der Waals surface area contributed by atoms with Crippen LogP contribution in [0.25, 0.3) is 0 Å². The van der Waals surface area contributed by atoms with E-state index in [9.17, 15) is 13.2 Å². The molecule has 1 aromatic heterocycles. The lowest BCUT2D eigenvalue weighted by Crippen LogP contribution is -2.51. The lowest BCUT2D eigenvalue weighted by Gasteiger charge is -2.55. The van der Waals surface area contributed by atoms with Gasteiger partial charge < -0.3 is 5.32 Å². The third-order valence-corrected chi connectivity index (χ3v) is 10.5. The third kappa shape index (κ3) is 3.19. The molecule has 0 spiro atoms. The van der Waals surface area contributed by atoms with Crippen molar-refractivity contribution in [1.82, 2.24) is 14.5 Å². The van der Waals surface area contributed by atoms with Crippen LogP contribution in [0.15, 0.2) is 4.34 Å².